The number of carbonyl (C=O) groups is 2. The molecule has 2 aliphatic heterocycles. The van der Waals surface area contributed by atoms with Crippen LogP contribution in [0.25, 0.3) is 0 Å². The first kappa shape index (κ1) is 16.1. The summed E-state index contributed by atoms with van der Waals surface area (Å²) in [5.41, 5.74) is 2.59. The monoisotopic (exact) mass is 353 g/mol. The van der Waals surface area contributed by atoms with Gasteiger partial charge in [0.25, 0.3) is 5.91 Å². The number of aromatic nitrogens is 1. The average molecular weight is 353 g/mol. The number of rotatable bonds is 3. The second-order valence-corrected chi connectivity index (χ2v) is 7.26. The molecule has 0 bridgehead atoms. The highest BCUT2D eigenvalue weighted by atomic mass is 32.2. The van der Waals surface area contributed by atoms with Crippen LogP contribution in [0.3, 0.4) is 0 Å². The minimum atomic E-state index is 0.0859. The number of hydrogen-bond donors (Lipinski definition) is 0. The first-order valence-corrected chi connectivity index (χ1v) is 9.47. The molecule has 0 saturated carbocycles. The summed E-state index contributed by atoms with van der Waals surface area (Å²) < 4.78 is 0. The molecule has 5 nitrogen and oxygen atoms in total. The van der Waals surface area contributed by atoms with Gasteiger partial charge in [-0.3, -0.25) is 9.59 Å². The standard InChI is InChI=1S/C19H19N3O2S/c23-17-13-25-18-16(4-3-9-20-18)22(17)12-14-5-7-15(8-6-14)19(24)21-10-1-2-11-21/h3-9H,1-2,10-13H2. The summed E-state index contributed by atoms with van der Waals surface area (Å²) in [6.07, 6.45) is 3.93. The smallest absolute Gasteiger partial charge is 0.253 e. The Morgan fingerprint density at radius 2 is 1.88 bits per heavy atom. The fourth-order valence-corrected chi connectivity index (χ4v) is 4.13. The van der Waals surface area contributed by atoms with Gasteiger partial charge in [-0.15, -0.1) is 0 Å². The second kappa shape index (κ2) is 6.88. The number of amides is 2. The second-order valence-electron chi connectivity index (χ2n) is 6.29. The summed E-state index contributed by atoms with van der Waals surface area (Å²) >= 11 is 1.48. The average Bonchev–Trinajstić information content (AvgIpc) is 3.19. The molecule has 4 rings (SSSR count). The molecule has 6 heteroatoms. The van der Waals surface area contributed by atoms with Crippen molar-refractivity contribution >= 4 is 29.3 Å². The normalized spacial score (nSPS) is 16.9. The van der Waals surface area contributed by atoms with E-state index in [9.17, 15) is 9.59 Å². The van der Waals surface area contributed by atoms with Crippen molar-refractivity contribution in [2.24, 2.45) is 0 Å². The van der Waals surface area contributed by atoms with Crippen molar-refractivity contribution in [3.63, 3.8) is 0 Å². The molecule has 0 N–H and O–H groups in total. The molecule has 0 unspecified atom stereocenters. The maximum Gasteiger partial charge on any atom is 0.253 e. The first-order chi connectivity index (χ1) is 12.2. The van der Waals surface area contributed by atoms with Crippen LogP contribution in [-0.2, 0) is 11.3 Å². The number of fused-ring (bicyclic) bond motifs is 1. The van der Waals surface area contributed by atoms with E-state index in [0.717, 1.165) is 42.2 Å². The van der Waals surface area contributed by atoms with Gasteiger partial charge >= 0.3 is 0 Å². The fourth-order valence-electron chi connectivity index (χ4n) is 3.25. The largest absolute Gasteiger partial charge is 0.339 e. The zero-order chi connectivity index (χ0) is 17.2. The lowest BCUT2D eigenvalue weighted by atomic mass is 10.1. The molecule has 1 aromatic carbocycles. The Balaban J connectivity index is 1.51. The van der Waals surface area contributed by atoms with Crippen LogP contribution in [0.4, 0.5) is 5.69 Å². The van der Waals surface area contributed by atoms with Gasteiger partial charge in [-0.05, 0) is 42.7 Å². The highest BCUT2D eigenvalue weighted by molar-refractivity contribution is 8.00. The van der Waals surface area contributed by atoms with Gasteiger partial charge in [-0.25, -0.2) is 4.98 Å². The van der Waals surface area contributed by atoms with Gasteiger partial charge in [0.15, 0.2) is 0 Å². The molecule has 0 spiro atoms. The zero-order valence-corrected chi connectivity index (χ0v) is 14.7. The number of carbonyl (C=O) groups excluding carboxylic acids is 2. The van der Waals surface area contributed by atoms with E-state index in [1.54, 1.807) is 11.1 Å². The van der Waals surface area contributed by atoms with Crippen LogP contribution in [0.1, 0.15) is 28.8 Å². The Morgan fingerprint density at radius 3 is 2.64 bits per heavy atom. The number of benzene rings is 1. The van der Waals surface area contributed by atoms with Crippen LogP contribution in [0, 0.1) is 0 Å². The molecular formula is C19H19N3O2S. The van der Waals surface area contributed by atoms with E-state index in [4.69, 9.17) is 0 Å². The molecule has 1 fully saturated rings. The maximum absolute atomic E-state index is 12.4. The van der Waals surface area contributed by atoms with Crippen molar-refractivity contribution in [2.45, 2.75) is 24.4 Å². The van der Waals surface area contributed by atoms with Gasteiger partial charge in [0, 0.05) is 24.8 Å². The van der Waals surface area contributed by atoms with Crippen molar-refractivity contribution in [1.29, 1.82) is 0 Å². The number of anilines is 1. The summed E-state index contributed by atoms with van der Waals surface area (Å²) in [5, 5.41) is 0.892. The molecule has 0 atom stereocenters. The summed E-state index contributed by atoms with van der Waals surface area (Å²) in [7, 11) is 0. The molecule has 2 amide bonds. The summed E-state index contributed by atoms with van der Waals surface area (Å²) in [4.78, 5) is 32.8. The van der Waals surface area contributed by atoms with E-state index < -0.39 is 0 Å². The van der Waals surface area contributed by atoms with Crippen LogP contribution in [0.5, 0.6) is 0 Å². The third kappa shape index (κ3) is 3.26. The van der Waals surface area contributed by atoms with Gasteiger partial charge in [0.05, 0.1) is 18.0 Å². The van der Waals surface area contributed by atoms with Gasteiger partial charge in [-0.1, -0.05) is 23.9 Å². The summed E-state index contributed by atoms with van der Waals surface area (Å²) in [6, 6.07) is 11.4. The Bertz CT molecular complexity index is 801. The molecule has 3 heterocycles. The number of pyridine rings is 1. The van der Waals surface area contributed by atoms with Gasteiger partial charge in [0.2, 0.25) is 5.91 Å². The topological polar surface area (TPSA) is 53.5 Å². The zero-order valence-electron chi connectivity index (χ0n) is 13.9. The van der Waals surface area contributed by atoms with Crippen molar-refractivity contribution in [1.82, 2.24) is 9.88 Å². The Morgan fingerprint density at radius 1 is 1.12 bits per heavy atom. The molecule has 0 radical (unpaired) electrons. The van der Waals surface area contributed by atoms with E-state index in [-0.39, 0.29) is 11.8 Å². The van der Waals surface area contributed by atoms with Crippen LogP contribution in [0.2, 0.25) is 0 Å². The Kier molecular flexibility index (Phi) is 4.44. The van der Waals surface area contributed by atoms with Crippen LogP contribution >= 0.6 is 11.8 Å². The predicted molar refractivity (Wildman–Crippen MR) is 97.7 cm³/mol. The summed E-state index contributed by atoms with van der Waals surface area (Å²) in [6.45, 7) is 2.20. The quantitative estimate of drug-likeness (QED) is 0.851. The van der Waals surface area contributed by atoms with E-state index in [2.05, 4.69) is 4.98 Å². The minimum Gasteiger partial charge on any atom is -0.339 e. The minimum absolute atomic E-state index is 0.0859. The fraction of sp³-hybridized carbons (Fsp3) is 0.316. The lowest BCUT2D eigenvalue weighted by molar-refractivity contribution is -0.116. The Hall–Kier alpha value is -2.34. The molecular weight excluding hydrogens is 334 g/mol. The lowest BCUT2D eigenvalue weighted by Gasteiger charge is -2.28. The van der Waals surface area contributed by atoms with Gasteiger partial charge < -0.3 is 9.80 Å². The Labute approximate surface area is 151 Å². The van der Waals surface area contributed by atoms with Crippen molar-refractivity contribution in [3.05, 3.63) is 53.7 Å². The van der Waals surface area contributed by atoms with Crippen molar-refractivity contribution in [2.75, 3.05) is 23.7 Å². The molecule has 128 valence electrons. The van der Waals surface area contributed by atoms with E-state index in [1.807, 2.05) is 41.3 Å². The van der Waals surface area contributed by atoms with Crippen molar-refractivity contribution < 1.29 is 9.59 Å². The molecule has 25 heavy (non-hydrogen) atoms. The van der Waals surface area contributed by atoms with Gasteiger partial charge in [-0.2, -0.15) is 0 Å². The number of nitrogens with zero attached hydrogens (tertiary/aromatic N) is 3. The van der Waals surface area contributed by atoms with E-state index in [1.165, 1.54) is 11.8 Å². The van der Waals surface area contributed by atoms with E-state index >= 15 is 0 Å². The first-order valence-electron chi connectivity index (χ1n) is 8.49. The van der Waals surface area contributed by atoms with Crippen LogP contribution in [0.15, 0.2) is 47.6 Å². The third-order valence-electron chi connectivity index (χ3n) is 4.61. The number of hydrogen-bond acceptors (Lipinski definition) is 4. The molecule has 2 aliphatic rings. The highest BCUT2D eigenvalue weighted by Crippen LogP contribution is 2.34. The number of likely N-dealkylation sites (tertiary alicyclic amines) is 1. The predicted octanol–water partition coefficient (Wildman–Crippen LogP) is 2.96. The maximum atomic E-state index is 12.4. The molecule has 0 aliphatic carbocycles. The third-order valence-corrected chi connectivity index (χ3v) is 5.59. The lowest BCUT2D eigenvalue weighted by Crippen LogP contribution is -2.35. The molecule has 1 aromatic heterocycles. The molecule has 2 aromatic rings. The SMILES string of the molecule is O=C(c1ccc(CN2C(=O)CSc3ncccc32)cc1)N1CCCC1. The van der Waals surface area contributed by atoms with Crippen LogP contribution in [-0.4, -0.2) is 40.5 Å². The number of thioether (sulfide) groups is 1. The molecule has 1 saturated heterocycles. The highest BCUT2D eigenvalue weighted by Gasteiger charge is 2.25. The van der Waals surface area contributed by atoms with E-state index in [0.29, 0.717) is 17.9 Å². The summed E-state index contributed by atoms with van der Waals surface area (Å²) in [5.74, 6) is 0.599. The van der Waals surface area contributed by atoms with Gasteiger partial charge in [0.1, 0.15) is 5.03 Å². The van der Waals surface area contributed by atoms with Crippen molar-refractivity contribution in [3.8, 4) is 0 Å². The van der Waals surface area contributed by atoms with Crippen LogP contribution < -0.4 is 4.90 Å².